The average Bonchev–Trinajstić information content (AvgIpc) is 3.16. The maximum Gasteiger partial charge on any atom is 0.185 e. The maximum absolute atomic E-state index is 12.6. The number of rotatable bonds is 7. The zero-order chi connectivity index (χ0) is 19.2. The van der Waals surface area contributed by atoms with Crippen molar-refractivity contribution in [2.24, 2.45) is 0 Å². The lowest BCUT2D eigenvalue weighted by atomic mass is 10.0. The third kappa shape index (κ3) is 5.84. The van der Waals surface area contributed by atoms with Crippen molar-refractivity contribution < 1.29 is 9.53 Å². The molecule has 150 valence electrons. The summed E-state index contributed by atoms with van der Waals surface area (Å²) in [6, 6.07) is 11.3. The predicted octanol–water partition coefficient (Wildman–Crippen LogP) is 5.75. The van der Waals surface area contributed by atoms with Crippen LogP contribution < -0.4 is 4.74 Å². The summed E-state index contributed by atoms with van der Waals surface area (Å²) in [5.74, 6) is 0.852. The Morgan fingerprint density at radius 1 is 1.14 bits per heavy atom. The molecular formula is C23H27Cl2NO2. The molecule has 1 heterocycles. The van der Waals surface area contributed by atoms with Crippen molar-refractivity contribution in [2.75, 3.05) is 26.2 Å². The molecule has 1 aliphatic heterocycles. The monoisotopic (exact) mass is 419 g/mol. The molecule has 1 fully saturated rings. The summed E-state index contributed by atoms with van der Waals surface area (Å²) in [6.45, 7) is 7.97. The number of hydrogen-bond donors (Lipinski definition) is 0. The number of hydrogen-bond acceptors (Lipinski definition) is 3. The van der Waals surface area contributed by atoms with Crippen LogP contribution in [-0.4, -0.2) is 36.9 Å². The van der Waals surface area contributed by atoms with Crippen molar-refractivity contribution in [3.05, 3.63) is 69.8 Å². The minimum Gasteiger partial charge on any atom is -0.492 e. The molecule has 0 unspecified atom stereocenters. The van der Waals surface area contributed by atoms with Gasteiger partial charge in [0.1, 0.15) is 12.4 Å². The second-order valence-corrected chi connectivity index (χ2v) is 7.46. The fraction of sp³-hybridized carbons (Fsp3) is 0.348. The molecule has 5 heteroatoms. The summed E-state index contributed by atoms with van der Waals surface area (Å²) in [4.78, 5) is 15.0. The van der Waals surface area contributed by atoms with Crippen LogP contribution in [0.15, 0.2) is 42.5 Å². The van der Waals surface area contributed by atoms with Crippen LogP contribution in [0.25, 0.3) is 6.08 Å². The smallest absolute Gasteiger partial charge is 0.185 e. The molecule has 3 rings (SSSR count). The minimum atomic E-state index is -0.0373. The number of carbonyl (C=O) groups excluding carboxylic acids is 1. The molecule has 1 aliphatic rings. The van der Waals surface area contributed by atoms with Crippen molar-refractivity contribution in [1.82, 2.24) is 4.90 Å². The van der Waals surface area contributed by atoms with Crippen LogP contribution in [0.4, 0.5) is 0 Å². The lowest BCUT2D eigenvalue weighted by Gasteiger charge is -2.17. The van der Waals surface area contributed by atoms with E-state index in [1.54, 1.807) is 12.2 Å². The van der Waals surface area contributed by atoms with Gasteiger partial charge in [-0.05, 0) is 86.8 Å². The Labute approximate surface area is 178 Å². The lowest BCUT2D eigenvalue weighted by molar-refractivity contribution is 0.104. The number of ether oxygens (including phenoxy) is 1. The molecule has 0 aliphatic carbocycles. The lowest BCUT2D eigenvalue weighted by Crippen LogP contribution is -2.25. The van der Waals surface area contributed by atoms with Crippen molar-refractivity contribution in [3.63, 3.8) is 0 Å². The van der Waals surface area contributed by atoms with E-state index in [0.29, 0.717) is 17.2 Å². The Bertz CT molecular complexity index is 819. The first-order valence-electron chi connectivity index (χ1n) is 9.48. The SMILES string of the molecule is Cc1cc(C(=O)/C=C/c2ccccc2Cl)cc(C)c1OCCN1CCCC1.Cl. The molecular weight excluding hydrogens is 393 g/mol. The van der Waals surface area contributed by atoms with Gasteiger partial charge in [0.2, 0.25) is 0 Å². The van der Waals surface area contributed by atoms with Crippen LogP contribution >= 0.6 is 24.0 Å². The third-order valence-electron chi connectivity index (χ3n) is 4.92. The van der Waals surface area contributed by atoms with Crippen molar-refractivity contribution >= 4 is 35.9 Å². The second kappa shape index (κ2) is 10.7. The van der Waals surface area contributed by atoms with Gasteiger partial charge in [-0.1, -0.05) is 29.8 Å². The van der Waals surface area contributed by atoms with Gasteiger partial charge in [0, 0.05) is 17.1 Å². The Hall–Kier alpha value is -1.81. The number of halogens is 2. The summed E-state index contributed by atoms with van der Waals surface area (Å²) in [5.41, 5.74) is 3.49. The minimum absolute atomic E-state index is 0. The molecule has 0 atom stereocenters. The highest BCUT2D eigenvalue weighted by Crippen LogP contribution is 2.26. The molecule has 0 N–H and O–H groups in total. The molecule has 28 heavy (non-hydrogen) atoms. The number of allylic oxidation sites excluding steroid dienone is 1. The number of carbonyl (C=O) groups is 1. The fourth-order valence-electron chi connectivity index (χ4n) is 3.48. The van der Waals surface area contributed by atoms with Crippen LogP contribution in [0.2, 0.25) is 5.02 Å². The quantitative estimate of drug-likeness (QED) is 0.422. The number of ketones is 1. The zero-order valence-corrected chi connectivity index (χ0v) is 18.0. The van der Waals surface area contributed by atoms with Gasteiger partial charge in [0.05, 0.1) is 0 Å². The number of nitrogens with zero attached hydrogens (tertiary/aromatic N) is 1. The molecule has 0 spiro atoms. The summed E-state index contributed by atoms with van der Waals surface area (Å²) in [7, 11) is 0. The van der Waals surface area contributed by atoms with E-state index in [1.165, 1.54) is 25.9 Å². The van der Waals surface area contributed by atoms with Gasteiger partial charge in [0.25, 0.3) is 0 Å². The van der Waals surface area contributed by atoms with Crippen LogP contribution in [0, 0.1) is 13.8 Å². The standard InChI is InChI=1S/C23H26ClNO2.ClH/c1-17-15-20(22(26)10-9-19-7-3-4-8-21(19)24)16-18(2)23(17)27-14-13-25-11-5-6-12-25;/h3-4,7-10,15-16H,5-6,11-14H2,1-2H3;1H/b10-9+;. The van der Waals surface area contributed by atoms with E-state index in [2.05, 4.69) is 4.90 Å². The van der Waals surface area contributed by atoms with Crippen LogP contribution in [0.1, 0.15) is 39.9 Å². The molecule has 0 bridgehead atoms. The van der Waals surface area contributed by atoms with Crippen LogP contribution in [0.3, 0.4) is 0 Å². The predicted molar refractivity (Wildman–Crippen MR) is 119 cm³/mol. The van der Waals surface area contributed by atoms with E-state index >= 15 is 0 Å². The topological polar surface area (TPSA) is 29.5 Å². The summed E-state index contributed by atoms with van der Waals surface area (Å²) in [5, 5.41) is 0.635. The largest absolute Gasteiger partial charge is 0.492 e. The van der Waals surface area contributed by atoms with E-state index in [0.717, 1.165) is 29.0 Å². The highest BCUT2D eigenvalue weighted by atomic mass is 35.5. The Morgan fingerprint density at radius 2 is 1.79 bits per heavy atom. The van der Waals surface area contributed by atoms with E-state index in [-0.39, 0.29) is 18.2 Å². The van der Waals surface area contributed by atoms with Crippen molar-refractivity contribution in [2.45, 2.75) is 26.7 Å². The van der Waals surface area contributed by atoms with Crippen molar-refractivity contribution in [3.8, 4) is 5.75 Å². The van der Waals surface area contributed by atoms with Gasteiger partial charge < -0.3 is 4.74 Å². The van der Waals surface area contributed by atoms with Gasteiger partial charge in [-0.15, -0.1) is 12.4 Å². The molecule has 0 aromatic heterocycles. The molecule has 0 radical (unpaired) electrons. The molecule has 2 aromatic rings. The first-order valence-corrected chi connectivity index (χ1v) is 9.86. The van der Waals surface area contributed by atoms with Gasteiger partial charge in [-0.2, -0.15) is 0 Å². The third-order valence-corrected chi connectivity index (χ3v) is 5.26. The average molecular weight is 420 g/mol. The highest BCUT2D eigenvalue weighted by Gasteiger charge is 2.13. The van der Waals surface area contributed by atoms with Gasteiger partial charge in [-0.25, -0.2) is 0 Å². The first-order chi connectivity index (χ1) is 13.0. The van der Waals surface area contributed by atoms with Gasteiger partial charge in [0.15, 0.2) is 5.78 Å². The molecule has 3 nitrogen and oxygen atoms in total. The molecule has 0 saturated carbocycles. The van der Waals surface area contributed by atoms with Gasteiger partial charge >= 0.3 is 0 Å². The van der Waals surface area contributed by atoms with E-state index in [1.807, 2.05) is 50.2 Å². The number of likely N-dealkylation sites (tertiary alicyclic amines) is 1. The van der Waals surface area contributed by atoms with Crippen LogP contribution in [0.5, 0.6) is 5.75 Å². The highest BCUT2D eigenvalue weighted by molar-refractivity contribution is 6.32. The summed E-state index contributed by atoms with van der Waals surface area (Å²) < 4.78 is 6.02. The molecule has 2 aromatic carbocycles. The zero-order valence-electron chi connectivity index (χ0n) is 16.4. The number of aryl methyl sites for hydroxylation is 2. The fourth-order valence-corrected chi connectivity index (χ4v) is 3.67. The van der Waals surface area contributed by atoms with Crippen LogP contribution in [-0.2, 0) is 0 Å². The Kier molecular flexibility index (Phi) is 8.56. The summed E-state index contributed by atoms with van der Waals surface area (Å²) >= 11 is 6.14. The van der Waals surface area contributed by atoms with Crippen molar-refractivity contribution in [1.29, 1.82) is 0 Å². The Balaban J connectivity index is 0.00000280. The molecule has 1 saturated heterocycles. The normalized spacial score (nSPS) is 14.2. The second-order valence-electron chi connectivity index (χ2n) is 7.06. The summed E-state index contributed by atoms with van der Waals surface area (Å²) in [6.07, 6.45) is 5.91. The Morgan fingerprint density at radius 3 is 2.43 bits per heavy atom. The van der Waals surface area contributed by atoms with E-state index in [4.69, 9.17) is 16.3 Å². The maximum atomic E-state index is 12.6. The van der Waals surface area contributed by atoms with E-state index < -0.39 is 0 Å². The van der Waals surface area contributed by atoms with Gasteiger partial charge in [-0.3, -0.25) is 9.69 Å². The van der Waals surface area contributed by atoms with E-state index in [9.17, 15) is 4.79 Å². The first kappa shape index (κ1) is 22.5. The number of benzene rings is 2. The molecule has 0 amide bonds.